The van der Waals surface area contributed by atoms with Gasteiger partial charge in [-0.3, -0.25) is 14.4 Å². The number of allylic oxidation sites excluding steroid dienone is 1. The molecule has 0 radical (unpaired) electrons. The summed E-state index contributed by atoms with van der Waals surface area (Å²) in [5, 5.41) is 5.42. The van der Waals surface area contributed by atoms with E-state index in [1.54, 1.807) is 6.08 Å². The Kier molecular flexibility index (Phi) is 4.32. The monoisotopic (exact) mass is 353 g/mol. The van der Waals surface area contributed by atoms with Gasteiger partial charge in [0, 0.05) is 30.6 Å². The number of likely N-dealkylation sites (tertiary alicyclic amines) is 1. The third-order valence-electron chi connectivity index (χ3n) is 6.10. The van der Waals surface area contributed by atoms with Crippen LogP contribution in [0, 0.1) is 0 Å². The zero-order valence-corrected chi connectivity index (χ0v) is 15.6. The predicted molar refractivity (Wildman–Crippen MR) is 103 cm³/mol. The van der Waals surface area contributed by atoms with Gasteiger partial charge in [-0.05, 0) is 44.5 Å². The zero-order valence-electron chi connectivity index (χ0n) is 15.6. The van der Waals surface area contributed by atoms with E-state index in [4.69, 9.17) is 5.73 Å². The van der Waals surface area contributed by atoms with Crippen LogP contribution in [0.15, 0.2) is 30.9 Å². The molecule has 1 amide bonds. The molecule has 6 nitrogen and oxygen atoms in total. The number of rotatable bonds is 4. The third kappa shape index (κ3) is 2.73. The lowest BCUT2D eigenvalue weighted by molar-refractivity contribution is 0.0130. The zero-order chi connectivity index (χ0) is 18.4. The largest absolute Gasteiger partial charge is 0.364 e. The number of primary amides is 1. The molecule has 0 spiro atoms. The lowest BCUT2D eigenvalue weighted by Gasteiger charge is -2.50. The number of hydrogen-bond acceptors (Lipinski definition) is 4. The van der Waals surface area contributed by atoms with E-state index in [9.17, 15) is 4.79 Å². The average Bonchev–Trinajstić information content (AvgIpc) is 2.96. The molecule has 2 aliphatic heterocycles. The summed E-state index contributed by atoms with van der Waals surface area (Å²) in [5.74, 6) is -0.0313. The molecule has 4 rings (SSSR count). The Hall–Kier alpha value is -2.18. The van der Waals surface area contributed by atoms with Gasteiger partial charge in [0.05, 0.1) is 12.1 Å². The Labute approximate surface area is 154 Å². The summed E-state index contributed by atoms with van der Waals surface area (Å²) >= 11 is 0. The number of piperidine rings is 1. The van der Waals surface area contributed by atoms with Gasteiger partial charge in [0.15, 0.2) is 5.69 Å². The van der Waals surface area contributed by atoms with Crippen molar-refractivity contribution in [1.82, 2.24) is 19.6 Å². The number of aromatic nitrogens is 2. The van der Waals surface area contributed by atoms with Crippen molar-refractivity contribution in [3.05, 3.63) is 42.1 Å². The number of carbonyl (C=O) groups excluding carboxylic acids is 1. The van der Waals surface area contributed by atoms with Gasteiger partial charge in [-0.2, -0.15) is 5.10 Å². The number of piperazine rings is 1. The summed E-state index contributed by atoms with van der Waals surface area (Å²) in [7, 11) is 4.45. The van der Waals surface area contributed by atoms with Gasteiger partial charge in [0.25, 0.3) is 5.91 Å². The Balaban J connectivity index is 1.80. The quantitative estimate of drug-likeness (QED) is 0.852. The Morgan fingerprint density at radius 1 is 1.31 bits per heavy atom. The highest BCUT2D eigenvalue weighted by atomic mass is 16.1. The van der Waals surface area contributed by atoms with Crippen LogP contribution in [0.25, 0.3) is 10.9 Å². The second kappa shape index (κ2) is 6.52. The van der Waals surface area contributed by atoms with E-state index < -0.39 is 5.91 Å². The first kappa shape index (κ1) is 17.2. The van der Waals surface area contributed by atoms with E-state index >= 15 is 0 Å². The van der Waals surface area contributed by atoms with E-state index in [1.807, 2.05) is 10.7 Å². The first-order chi connectivity index (χ1) is 12.5. The molecule has 1 aromatic carbocycles. The number of nitrogens with two attached hydrogens (primary N) is 1. The lowest BCUT2D eigenvalue weighted by Crippen LogP contribution is -2.59. The summed E-state index contributed by atoms with van der Waals surface area (Å²) in [6.07, 6.45) is 3.99. The summed E-state index contributed by atoms with van der Waals surface area (Å²) in [6, 6.07) is 7.35. The van der Waals surface area contributed by atoms with Crippen LogP contribution >= 0.6 is 0 Å². The molecule has 2 aromatic rings. The number of hydrogen-bond donors (Lipinski definition) is 1. The van der Waals surface area contributed by atoms with Gasteiger partial charge in [0.2, 0.25) is 0 Å². The van der Waals surface area contributed by atoms with E-state index in [0.717, 1.165) is 36.8 Å². The maximum Gasteiger partial charge on any atom is 0.269 e. The minimum Gasteiger partial charge on any atom is -0.364 e. The molecule has 2 fully saturated rings. The van der Waals surface area contributed by atoms with Crippen molar-refractivity contribution in [1.29, 1.82) is 0 Å². The molecule has 1 aromatic heterocycles. The van der Waals surface area contributed by atoms with E-state index in [-0.39, 0.29) is 0 Å². The van der Waals surface area contributed by atoms with Gasteiger partial charge < -0.3 is 10.6 Å². The first-order valence-electron chi connectivity index (χ1n) is 9.30. The fraction of sp³-hybridized carbons (Fsp3) is 0.500. The van der Waals surface area contributed by atoms with Crippen molar-refractivity contribution in [2.45, 2.75) is 37.4 Å². The van der Waals surface area contributed by atoms with Gasteiger partial charge in [-0.1, -0.05) is 18.2 Å². The molecule has 138 valence electrons. The second-order valence-electron chi connectivity index (χ2n) is 7.79. The minimum absolute atomic E-state index is 0.388. The maximum absolute atomic E-state index is 12.1. The number of amides is 1. The third-order valence-corrected chi connectivity index (χ3v) is 6.10. The van der Waals surface area contributed by atoms with Gasteiger partial charge in [0.1, 0.15) is 0 Å². The highest BCUT2D eigenvalue weighted by molar-refractivity contribution is 6.05. The van der Waals surface area contributed by atoms with Crippen molar-refractivity contribution in [3.8, 4) is 0 Å². The molecule has 26 heavy (non-hydrogen) atoms. The number of carbonyl (C=O) groups is 1. The SMILES string of the molecule is C=CCn1nc(C(N)=O)c2c(C3CC4CN(C)CC(C3)N4C)cccc21. The molecule has 2 aliphatic rings. The fourth-order valence-corrected chi connectivity index (χ4v) is 4.87. The smallest absolute Gasteiger partial charge is 0.269 e. The van der Waals surface area contributed by atoms with E-state index in [1.165, 1.54) is 5.56 Å². The molecule has 0 aliphatic carbocycles. The average molecular weight is 353 g/mol. The first-order valence-corrected chi connectivity index (χ1v) is 9.30. The molecule has 0 saturated carbocycles. The van der Waals surface area contributed by atoms with Crippen molar-refractivity contribution >= 4 is 16.8 Å². The number of nitrogens with zero attached hydrogens (tertiary/aromatic N) is 4. The fourth-order valence-electron chi connectivity index (χ4n) is 4.87. The Morgan fingerprint density at radius 2 is 2.00 bits per heavy atom. The number of likely N-dealkylation sites (N-methyl/N-ethyl adjacent to an activating group) is 2. The Bertz CT molecular complexity index is 841. The minimum atomic E-state index is -0.460. The molecule has 2 saturated heterocycles. The number of benzene rings is 1. The molecular weight excluding hydrogens is 326 g/mol. The highest BCUT2D eigenvalue weighted by Crippen LogP contribution is 2.40. The van der Waals surface area contributed by atoms with E-state index in [2.05, 4.69) is 47.7 Å². The van der Waals surface area contributed by atoms with Gasteiger partial charge >= 0.3 is 0 Å². The molecule has 2 N–H and O–H groups in total. The summed E-state index contributed by atoms with van der Waals surface area (Å²) < 4.78 is 1.83. The predicted octanol–water partition coefficient (Wildman–Crippen LogP) is 1.81. The van der Waals surface area contributed by atoms with Gasteiger partial charge in [-0.25, -0.2) is 0 Å². The molecule has 2 bridgehead atoms. The summed E-state index contributed by atoms with van der Waals surface area (Å²) in [6.45, 7) is 6.55. The Morgan fingerprint density at radius 3 is 2.62 bits per heavy atom. The lowest BCUT2D eigenvalue weighted by atomic mass is 9.78. The second-order valence-corrected chi connectivity index (χ2v) is 7.79. The van der Waals surface area contributed by atoms with Crippen LogP contribution in [-0.2, 0) is 6.54 Å². The van der Waals surface area contributed by atoms with Crippen LogP contribution in [0.3, 0.4) is 0 Å². The molecule has 2 atom stereocenters. The van der Waals surface area contributed by atoms with Crippen LogP contribution in [0.1, 0.15) is 34.8 Å². The van der Waals surface area contributed by atoms with Gasteiger partial charge in [-0.15, -0.1) is 6.58 Å². The van der Waals surface area contributed by atoms with Crippen molar-refractivity contribution < 1.29 is 4.79 Å². The van der Waals surface area contributed by atoms with Crippen LogP contribution in [0.4, 0.5) is 0 Å². The van der Waals surface area contributed by atoms with Crippen molar-refractivity contribution in [2.75, 3.05) is 27.2 Å². The van der Waals surface area contributed by atoms with Crippen molar-refractivity contribution in [3.63, 3.8) is 0 Å². The van der Waals surface area contributed by atoms with Crippen LogP contribution in [0.2, 0.25) is 0 Å². The molecular formula is C20H27N5O. The summed E-state index contributed by atoms with van der Waals surface area (Å²) in [5.41, 5.74) is 8.24. The van der Waals surface area contributed by atoms with Crippen molar-refractivity contribution in [2.24, 2.45) is 5.73 Å². The standard InChI is InChI=1S/C20H27N5O/c1-4-8-25-17-7-5-6-16(18(17)19(22-25)20(21)26)13-9-14-11-23(2)12-15(10-13)24(14)3/h4-7,13-15H,1,8-12H2,2-3H3,(H2,21,26). The number of fused-ring (bicyclic) bond motifs is 3. The van der Waals surface area contributed by atoms with Crippen LogP contribution in [0.5, 0.6) is 0 Å². The normalized spacial score (nSPS) is 26.9. The van der Waals surface area contributed by atoms with Crippen LogP contribution in [-0.4, -0.2) is 64.8 Å². The van der Waals surface area contributed by atoms with Crippen LogP contribution < -0.4 is 5.73 Å². The topological polar surface area (TPSA) is 67.4 Å². The molecule has 6 heteroatoms. The molecule has 2 unspecified atom stereocenters. The van der Waals surface area contributed by atoms with E-state index in [0.29, 0.717) is 30.2 Å². The highest BCUT2D eigenvalue weighted by Gasteiger charge is 2.39. The summed E-state index contributed by atoms with van der Waals surface area (Å²) in [4.78, 5) is 17.0. The maximum atomic E-state index is 12.1. The molecule has 3 heterocycles.